The third-order valence-electron chi connectivity index (χ3n) is 2.93. The molecule has 0 amide bonds. The molecular weight excluding hydrogens is 296 g/mol. The molecule has 1 aromatic heterocycles. The van der Waals surface area contributed by atoms with Gasteiger partial charge in [0.1, 0.15) is 0 Å². The maximum absolute atomic E-state index is 12.7. The lowest BCUT2D eigenvalue weighted by molar-refractivity contribution is 0.135. The summed E-state index contributed by atoms with van der Waals surface area (Å²) in [5.74, 6) is 0. The van der Waals surface area contributed by atoms with E-state index in [2.05, 4.69) is 5.32 Å². The van der Waals surface area contributed by atoms with Crippen LogP contribution in [0.1, 0.15) is 23.6 Å². The maximum Gasteiger partial charge on any atom is 0.244 e. The van der Waals surface area contributed by atoms with Gasteiger partial charge >= 0.3 is 0 Å². The summed E-state index contributed by atoms with van der Waals surface area (Å²) in [5, 5.41) is 3.04. The second-order valence-corrected chi connectivity index (χ2v) is 7.60. The van der Waals surface area contributed by atoms with E-state index in [0.717, 1.165) is 9.75 Å². The Hall–Kier alpha value is -0.470. The van der Waals surface area contributed by atoms with Crippen LogP contribution in [0.15, 0.2) is 11.0 Å². The van der Waals surface area contributed by atoms with Gasteiger partial charge in [0.2, 0.25) is 10.0 Å². The molecule has 1 aromatic rings. The highest BCUT2D eigenvalue weighted by molar-refractivity contribution is 7.89. The molecule has 0 fully saturated rings. The molecule has 0 radical (unpaired) electrons. The molecule has 5 nitrogen and oxygen atoms in total. The zero-order valence-corrected chi connectivity index (χ0v) is 14.2. The number of nitrogens with one attached hydrogen (secondary N) is 1. The smallest absolute Gasteiger partial charge is 0.244 e. The van der Waals surface area contributed by atoms with E-state index in [0.29, 0.717) is 37.7 Å². The second kappa shape index (κ2) is 8.09. The minimum atomic E-state index is -3.42. The molecule has 0 spiro atoms. The van der Waals surface area contributed by atoms with Gasteiger partial charge in [-0.3, -0.25) is 0 Å². The van der Waals surface area contributed by atoms with Crippen molar-refractivity contribution >= 4 is 21.4 Å². The fourth-order valence-corrected chi connectivity index (χ4v) is 4.99. The third kappa shape index (κ3) is 4.26. The number of nitrogens with zero attached hydrogens (tertiary/aromatic N) is 1. The van der Waals surface area contributed by atoms with Crippen molar-refractivity contribution in [3.05, 3.63) is 15.8 Å². The first-order valence-electron chi connectivity index (χ1n) is 6.79. The van der Waals surface area contributed by atoms with Crippen LogP contribution in [-0.4, -0.2) is 46.1 Å². The van der Waals surface area contributed by atoms with Gasteiger partial charge in [0, 0.05) is 36.0 Å². The van der Waals surface area contributed by atoms with Crippen molar-refractivity contribution in [3.8, 4) is 0 Å². The second-order valence-electron chi connectivity index (χ2n) is 4.36. The quantitative estimate of drug-likeness (QED) is 0.705. The first kappa shape index (κ1) is 17.6. The van der Waals surface area contributed by atoms with Gasteiger partial charge < -0.3 is 10.1 Å². The highest BCUT2D eigenvalue weighted by atomic mass is 32.2. The molecule has 0 saturated carbocycles. The summed E-state index contributed by atoms with van der Waals surface area (Å²) < 4.78 is 32.0. The average molecular weight is 320 g/mol. The van der Waals surface area contributed by atoms with E-state index >= 15 is 0 Å². The Kier molecular flexibility index (Phi) is 7.11. The third-order valence-corrected chi connectivity index (χ3v) is 6.21. The van der Waals surface area contributed by atoms with Gasteiger partial charge in [-0.25, -0.2) is 8.42 Å². The lowest BCUT2D eigenvalue weighted by atomic mass is 10.4. The fourth-order valence-electron chi connectivity index (χ4n) is 1.94. The number of sulfonamides is 1. The summed E-state index contributed by atoms with van der Waals surface area (Å²) in [6.45, 7) is 8.16. The molecule has 7 heteroatoms. The lowest BCUT2D eigenvalue weighted by Crippen LogP contribution is -2.34. The first-order valence-corrected chi connectivity index (χ1v) is 9.04. The molecule has 0 unspecified atom stereocenters. The van der Waals surface area contributed by atoms with Crippen LogP contribution in [0.25, 0.3) is 0 Å². The number of aryl methyl sites for hydroxylation is 1. The molecule has 20 heavy (non-hydrogen) atoms. The van der Waals surface area contributed by atoms with Gasteiger partial charge in [0.15, 0.2) is 0 Å². The minimum Gasteiger partial charge on any atom is -0.380 e. The molecule has 0 aliphatic carbocycles. The van der Waals surface area contributed by atoms with Crippen molar-refractivity contribution in [3.63, 3.8) is 0 Å². The van der Waals surface area contributed by atoms with Crippen molar-refractivity contribution in [1.82, 2.24) is 9.62 Å². The van der Waals surface area contributed by atoms with Gasteiger partial charge in [-0.15, -0.1) is 11.3 Å². The van der Waals surface area contributed by atoms with Crippen LogP contribution in [0.3, 0.4) is 0 Å². The number of ether oxygens (including phenoxy) is 1. The van der Waals surface area contributed by atoms with Crippen molar-refractivity contribution in [2.24, 2.45) is 0 Å². The number of hydrogen-bond donors (Lipinski definition) is 1. The van der Waals surface area contributed by atoms with E-state index in [1.54, 1.807) is 6.07 Å². The number of thiophene rings is 1. The number of likely N-dealkylation sites (N-methyl/N-ethyl adjacent to an activating group) is 1. The lowest BCUT2D eigenvalue weighted by Gasteiger charge is -2.20. The molecule has 0 aliphatic rings. The van der Waals surface area contributed by atoms with Crippen LogP contribution in [0.4, 0.5) is 0 Å². The zero-order valence-electron chi connectivity index (χ0n) is 12.6. The maximum atomic E-state index is 12.7. The largest absolute Gasteiger partial charge is 0.380 e. The van der Waals surface area contributed by atoms with Gasteiger partial charge in [0.05, 0.1) is 11.5 Å². The van der Waals surface area contributed by atoms with Gasteiger partial charge in [-0.1, -0.05) is 6.92 Å². The molecule has 1 heterocycles. The summed E-state index contributed by atoms with van der Waals surface area (Å²) in [5.41, 5.74) is 0. The molecule has 0 atom stereocenters. The monoisotopic (exact) mass is 320 g/mol. The Morgan fingerprint density at radius 3 is 2.65 bits per heavy atom. The molecule has 1 rings (SSSR count). The van der Waals surface area contributed by atoms with Crippen LogP contribution in [0, 0.1) is 6.92 Å². The number of rotatable bonds is 9. The van der Waals surface area contributed by atoms with Crippen molar-refractivity contribution < 1.29 is 13.2 Å². The van der Waals surface area contributed by atoms with Crippen LogP contribution >= 0.6 is 11.3 Å². The van der Waals surface area contributed by atoms with Crippen LogP contribution in [0.5, 0.6) is 0 Å². The normalized spacial score (nSPS) is 12.2. The summed E-state index contributed by atoms with van der Waals surface area (Å²) in [6, 6.07) is 1.77. The van der Waals surface area contributed by atoms with Gasteiger partial charge in [-0.2, -0.15) is 4.31 Å². The van der Waals surface area contributed by atoms with Crippen molar-refractivity contribution in [2.45, 2.75) is 32.2 Å². The highest BCUT2D eigenvalue weighted by Gasteiger charge is 2.26. The fraction of sp³-hybridized carbons (Fsp3) is 0.692. The molecule has 1 N–H and O–H groups in total. The Morgan fingerprint density at radius 1 is 1.40 bits per heavy atom. The zero-order chi connectivity index (χ0) is 15.2. The summed E-state index contributed by atoms with van der Waals surface area (Å²) in [6.07, 6.45) is 0. The Balaban J connectivity index is 2.95. The molecule has 0 saturated heterocycles. The Bertz CT molecular complexity index is 512. The molecular formula is C13H24N2O3S2. The van der Waals surface area contributed by atoms with Gasteiger partial charge in [0.25, 0.3) is 0 Å². The first-order chi connectivity index (χ1) is 9.47. The molecule has 116 valence electrons. The van der Waals surface area contributed by atoms with Crippen molar-refractivity contribution in [2.75, 3.05) is 33.4 Å². The standard InChI is InChI=1S/C13H24N2O3S2/c1-5-15(7-8-18-6-2)20(16,17)13-9-12(10-14-4)19-11(13)3/h9,14H,5-8,10H2,1-4H3. The van der Waals surface area contributed by atoms with E-state index in [1.165, 1.54) is 15.6 Å². The van der Waals surface area contributed by atoms with Crippen LogP contribution in [-0.2, 0) is 21.3 Å². The van der Waals surface area contributed by atoms with E-state index < -0.39 is 10.0 Å². The average Bonchev–Trinajstić information content (AvgIpc) is 2.76. The topological polar surface area (TPSA) is 58.6 Å². The van der Waals surface area contributed by atoms with Crippen molar-refractivity contribution in [1.29, 1.82) is 0 Å². The van der Waals surface area contributed by atoms with Gasteiger partial charge in [-0.05, 0) is 27.0 Å². The SMILES string of the molecule is CCOCCN(CC)S(=O)(=O)c1cc(CNC)sc1C. The van der Waals surface area contributed by atoms with E-state index in [-0.39, 0.29) is 0 Å². The van der Waals surface area contributed by atoms with E-state index in [1.807, 2.05) is 27.8 Å². The number of hydrogen-bond acceptors (Lipinski definition) is 5. The van der Waals surface area contributed by atoms with E-state index in [9.17, 15) is 8.42 Å². The minimum absolute atomic E-state index is 0.392. The molecule has 0 bridgehead atoms. The predicted octanol–water partition coefficient (Wildman–Crippen LogP) is 1.82. The molecule has 0 aromatic carbocycles. The predicted molar refractivity (Wildman–Crippen MR) is 82.7 cm³/mol. The Labute approximate surface area is 126 Å². The summed E-state index contributed by atoms with van der Waals surface area (Å²) >= 11 is 1.52. The van der Waals surface area contributed by atoms with Crippen LogP contribution in [0.2, 0.25) is 0 Å². The van der Waals surface area contributed by atoms with Crippen LogP contribution < -0.4 is 5.32 Å². The summed E-state index contributed by atoms with van der Waals surface area (Å²) in [4.78, 5) is 2.29. The van der Waals surface area contributed by atoms with E-state index in [4.69, 9.17) is 4.74 Å². The Morgan fingerprint density at radius 2 is 2.10 bits per heavy atom. The highest BCUT2D eigenvalue weighted by Crippen LogP contribution is 2.28. The summed E-state index contributed by atoms with van der Waals surface area (Å²) in [7, 11) is -1.57. The molecule has 0 aliphatic heterocycles.